The molecule has 0 bridgehead atoms. The number of pyridine rings is 1. The van der Waals surface area contributed by atoms with Crippen LogP contribution in [-0.4, -0.2) is 28.0 Å². The second kappa shape index (κ2) is 8.25. The van der Waals surface area contributed by atoms with Crippen molar-refractivity contribution in [2.75, 3.05) is 13.1 Å². The first-order chi connectivity index (χ1) is 16.2. The van der Waals surface area contributed by atoms with E-state index in [9.17, 15) is 0 Å². The Kier molecular flexibility index (Phi) is 5.08. The number of aromatic nitrogens is 2. The van der Waals surface area contributed by atoms with Crippen molar-refractivity contribution in [2.45, 2.75) is 38.5 Å². The zero-order chi connectivity index (χ0) is 22.3. The molecule has 0 unspecified atom stereocenters. The van der Waals surface area contributed by atoms with Crippen LogP contribution >= 0.6 is 0 Å². The number of ether oxygens (including phenoxy) is 1. The van der Waals surface area contributed by atoms with E-state index >= 15 is 0 Å². The fourth-order valence-corrected chi connectivity index (χ4v) is 5.13. The second-order valence-corrected chi connectivity index (χ2v) is 9.05. The zero-order valence-corrected chi connectivity index (χ0v) is 18.8. The van der Waals surface area contributed by atoms with Crippen LogP contribution in [-0.2, 0) is 23.5 Å². The lowest BCUT2D eigenvalue weighted by Gasteiger charge is -2.39. The Morgan fingerprint density at radius 3 is 2.36 bits per heavy atom. The van der Waals surface area contributed by atoms with E-state index in [1.807, 2.05) is 31.5 Å². The summed E-state index contributed by atoms with van der Waals surface area (Å²) >= 11 is 0. The molecule has 0 amide bonds. The molecule has 1 fully saturated rings. The highest BCUT2D eigenvalue weighted by atomic mass is 16.5. The summed E-state index contributed by atoms with van der Waals surface area (Å²) in [5, 5.41) is 0. The number of rotatable bonds is 4. The predicted molar refractivity (Wildman–Crippen MR) is 127 cm³/mol. The summed E-state index contributed by atoms with van der Waals surface area (Å²) < 4.78 is 12.4. The van der Waals surface area contributed by atoms with Crippen LogP contribution in [0.3, 0.4) is 0 Å². The van der Waals surface area contributed by atoms with Gasteiger partial charge in [-0.15, -0.1) is 0 Å². The van der Waals surface area contributed by atoms with Gasteiger partial charge >= 0.3 is 0 Å². The Balaban J connectivity index is 1.14. The van der Waals surface area contributed by atoms with Crippen LogP contribution in [0.4, 0.5) is 0 Å². The van der Waals surface area contributed by atoms with E-state index < -0.39 is 0 Å². The summed E-state index contributed by atoms with van der Waals surface area (Å²) in [5.41, 5.74) is 6.95. The topological polar surface area (TPSA) is 51.4 Å². The summed E-state index contributed by atoms with van der Waals surface area (Å²) in [7, 11) is 0. The van der Waals surface area contributed by atoms with Crippen LogP contribution in [0.15, 0.2) is 77.5 Å². The highest BCUT2D eigenvalue weighted by Gasteiger charge is 2.42. The molecule has 4 heterocycles. The molecule has 2 aromatic carbocycles. The normalized spacial score (nSPS) is 17.4. The summed E-state index contributed by atoms with van der Waals surface area (Å²) in [5.74, 6) is 1.58. The van der Waals surface area contributed by atoms with Gasteiger partial charge in [-0.1, -0.05) is 36.4 Å². The minimum Gasteiger partial charge on any atom is -0.441 e. The van der Waals surface area contributed by atoms with E-state index in [1.165, 1.54) is 11.1 Å². The first-order valence-electron chi connectivity index (χ1n) is 11.6. The monoisotopic (exact) mass is 437 g/mol. The van der Waals surface area contributed by atoms with Gasteiger partial charge in [-0.2, -0.15) is 0 Å². The molecule has 4 aromatic rings. The molecule has 0 radical (unpaired) electrons. The van der Waals surface area contributed by atoms with Gasteiger partial charge in [0.25, 0.3) is 0 Å². The molecule has 5 nitrogen and oxygen atoms in total. The number of nitrogens with zero attached hydrogens (tertiary/aromatic N) is 3. The molecule has 0 saturated carbocycles. The number of likely N-dealkylation sites (tertiary alicyclic amines) is 1. The van der Waals surface area contributed by atoms with Gasteiger partial charge in [0.2, 0.25) is 5.89 Å². The summed E-state index contributed by atoms with van der Waals surface area (Å²) in [6.07, 6.45) is 5.66. The van der Waals surface area contributed by atoms with Gasteiger partial charge in [0.05, 0.1) is 17.9 Å². The summed E-state index contributed by atoms with van der Waals surface area (Å²) in [6.45, 7) is 5.55. The summed E-state index contributed by atoms with van der Waals surface area (Å²) in [6, 6.07) is 21.1. The Bertz CT molecular complexity index is 1260. The minimum absolute atomic E-state index is 0.103. The van der Waals surface area contributed by atoms with Crippen molar-refractivity contribution in [3.63, 3.8) is 0 Å². The lowest BCUT2D eigenvalue weighted by molar-refractivity contribution is -0.0800. The van der Waals surface area contributed by atoms with Gasteiger partial charge < -0.3 is 9.15 Å². The highest BCUT2D eigenvalue weighted by Crippen LogP contribution is 2.44. The van der Waals surface area contributed by atoms with Crippen molar-refractivity contribution in [1.82, 2.24) is 14.9 Å². The van der Waals surface area contributed by atoms with Crippen LogP contribution in [0.25, 0.3) is 22.6 Å². The molecular formula is C28H27N3O2. The van der Waals surface area contributed by atoms with Gasteiger partial charge in [0.15, 0.2) is 0 Å². The number of hydrogen-bond donors (Lipinski definition) is 0. The lowest BCUT2D eigenvalue weighted by atomic mass is 9.84. The van der Waals surface area contributed by atoms with Crippen LogP contribution in [0.1, 0.15) is 35.4 Å². The Labute approximate surface area is 194 Å². The van der Waals surface area contributed by atoms with Crippen LogP contribution in [0.5, 0.6) is 0 Å². The molecule has 0 aliphatic carbocycles. The third-order valence-electron chi connectivity index (χ3n) is 7.09. The van der Waals surface area contributed by atoms with Crippen molar-refractivity contribution in [2.24, 2.45) is 0 Å². The average Bonchev–Trinajstić information content (AvgIpc) is 3.42. The van der Waals surface area contributed by atoms with Crippen molar-refractivity contribution in [1.29, 1.82) is 0 Å². The standard InChI is InChI=1S/C28H27N3O2/c1-20-26(18-31-16-12-28(13-17-31)25-5-3-2-4-24(25)19-32-28)30-27(33-20)23-8-6-21(7-9-23)22-10-14-29-15-11-22/h2-11,14-15H,12-13,16-19H2,1H3. The van der Waals surface area contributed by atoms with Gasteiger partial charge in [0, 0.05) is 37.6 Å². The maximum atomic E-state index is 6.31. The molecule has 33 heavy (non-hydrogen) atoms. The molecular weight excluding hydrogens is 410 g/mol. The molecule has 6 rings (SSSR count). The molecule has 0 N–H and O–H groups in total. The number of piperidine rings is 1. The molecule has 2 aromatic heterocycles. The number of fused-ring (bicyclic) bond motifs is 2. The maximum Gasteiger partial charge on any atom is 0.226 e. The zero-order valence-electron chi connectivity index (χ0n) is 18.8. The van der Waals surface area contributed by atoms with E-state index in [0.29, 0.717) is 5.89 Å². The summed E-state index contributed by atoms with van der Waals surface area (Å²) in [4.78, 5) is 11.4. The quantitative estimate of drug-likeness (QED) is 0.408. The minimum atomic E-state index is -0.103. The van der Waals surface area contributed by atoms with Crippen molar-refractivity contribution in [3.05, 3.63) is 95.6 Å². The van der Waals surface area contributed by atoms with E-state index in [2.05, 4.69) is 58.4 Å². The number of oxazole rings is 1. The molecule has 1 saturated heterocycles. The number of aryl methyl sites for hydroxylation is 1. The Morgan fingerprint density at radius 1 is 0.879 bits per heavy atom. The Hall–Kier alpha value is -3.28. The second-order valence-electron chi connectivity index (χ2n) is 9.05. The van der Waals surface area contributed by atoms with Crippen molar-refractivity contribution >= 4 is 0 Å². The molecule has 2 aliphatic rings. The van der Waals surface area contributed by atoms with Crippen LogP contribution < -0.4 is 0 Å². The molecule has 5 heteroatoms. The molecule has 166 valence electrons. The smallest absolute Gasteiger partial charge is 0.226 e. The van der Waals surface area contributed by atoms with Gasteiger partial charge in [-0.25, -0.2) is 4.98 Å². The molecule has 1 spiro atoms. The highest BCUT2D eigenvalue weighted by molar-refractivity contribution is 5.67. The van der Waals surface area contributed by atoms with Crippen molar-refractivity contribution < 1.29 is 9.15 Å². The Morgan fingerprint density at radius 2 is 1.58 bits per heavy atom. The fourth-order valence-electron chi connectivity index (χ4n) is 5.13. The first-order valence-corrected chi connectivity index (χ1v) is 11.6. The van der Waals surface area contributed by atoms with Gasteiger partial charge in [-0.3, -0.25) is 9.88 Å². The third kappa shape index (κ3) is 3.77. The van der Waals surface area contributed by atoms with E-state index in [0.717, 1.165) is 67.2 Å². The van der Waals surface area contributed by atoms with Gasteiger partial charge in [0.1, 0.15) is 5.76 Å². The van der Waals surface area contributed by atoms with Crippen LogP contribution in [0, 0.1) is 6.92 Å². The van der Waals surface area contributed by atoms with E-state index in [1.54, 1.807) is 0 Å². The van der Waals surface area contributed by atoms with Crippen LogP contribution in [0.2, 0.25) is 0 Å². The fraction of sp³-hybridized carbons (Fsp3) is 0.286. The maximum absolute atomic E-state index is 6.31. The van der Waals surface area contributed by atoms with Crippen molar-refractivity contribution in [3.8, 4) is 22.6 Å². The van der Waals surface area contributed by atoms with E-state index in [4.69, 9.17) is 14.1 Å². The SMILES string of the molecule is Cc1oc(-c2ccc(-c3ccncc3)cc2)nc1CN1CCC2(CC1)OCc1ccccc12. The predicted octanol–water partition coefficient (Wildman–Crippen LogP) is 5.73. The molecule has 0 atom stereocenters. The number of benzene rings is 2. The van der Waals surface area contributed by atoms with Gasteiger partial charge in [-0.05, 0) is 66.3 Å². The molecule has 2 aliphatic heterocycles. The lowest BCUT2D eigenvalue weighted by Crippen LogP contribution is -2.42. The number of hydrogen-bond acceptors (Lipinski definition) is 5. The average molecular weight is 438 g/mol. The van der Waals surface area contributed by atoms with E-state index in [-0.39, 0.29) is 5.60 Å². The largest absolute Gasteiger partial charge is 0.441 e. The third-order valence-corrected chi connectivity index (χ3v) is 7.09. The first kappa shape index (κ1) is 20.3.